The van der Waals surface area contributed by atoms with E-state index in [2.05, 4.69) is 13.8 Å². The van der Waals surface area contributed by atoms with E-state index < -0.39 is 6.04 Å². The van der Waals surface area contributed by atoms with Crippen LogP contribution in [0.25, 0.3) is 0 Å². The maximum atomic E-state index is 13.2. The molecule has 1 heterocycles. The van der Waals surface area contributed by atoms with E-state index in [-0.39, 0.29) is 11.7 Å². The van der Waals surface area contributed by atoms with Crippen LogP contribution in [0.15, 0.2) is 18.2 Å². The lowest BCUT2D eigenvalue weighted by atomic mass is 10.1. The Labute approximate surface area is 100 Å². The summed E-state index contributed by atoms with van der Waals surface area (Å²) < 4.78 is 13.2. The monoisotopic (exact) mass is 236 g/mol. The highest BCUT2D eigenvalue weighted by Gasteiger charge is 2.34. The van der Waals surface area contributed by atoms with Crippen molar-refractivity contribution in [1.29, 1.82) is 0 Å². The Morgan fingerprint density at radius 2 is 2.18 bits per heavy atom. The predicted octanol–water partition coefficient (Wildman–Crippen LogP) is 2.22. The molecule has 2 rings (SSSR count). The summed E-state index contributed by atoms with van der Waals surface area (Å²) in [5.74, 6) is 0.0306. The number of carbonyl (C=O) groups excluding carboxylic acids is 1. The first kappa shape index (κ1) is 12.0. The molecule has 1 aromatic rings. The highest BCUT2D eigenvalue weighted by Crippen LogP contribution is 2.35. The normalized spacial score (nSPS) is 19.0. The number of amides is 1. The maximum Gasteiger partial charge on any atom is 0.248 e. The van der Waals surface area contributed by atoms with Gasteiger partial charge in [0.1, 0.15) is 11.9 Å². The summed E-state index contributed by atoms with van der Waals surface area (Å²) in [5, 5.41) is 0. The largest absolute Gasteiger partial charge is 0.316 e. The van der Waals surface area contributed by atoms with Crippen molar-refractivity contribution in [2.75, 3.05) is 11.4 Å². The van der Waals surface area contributed by atoms with Crippen LogP contribution in [-0.4, -0.2) is 12.5 Å². The fourth-order valence-corrected chi connectivity index (χ4v) is 2.05. The van der Waals surface area contributed by atoms with Gasteiger partial charge in [-0.2, -0.15) is 0 Å². The van der Waals surface area contributed by atoms with Crippen LogP contribution >= 0.6 is 0 Å². The van der Waals surface area contributed by atoms with Gasteiger partial charge in [0.2, 0.25) is 5.91 Å². The number of hydrogen-bond donors (Lipinski definition) is 1. The average molecular weight is 236 g/mol. The predicted molar refractivity (Wildman–Crippen MR) is 65.1 cm³/mol. The lowest BCUT2D eigenvalue weighted by Crippen LogP contribution is -2.33. The van der Waals surface area contributed by atoms with Crippen molar-refractivity contribution in [3.8, 4) is 0 Å². The van der Waals surface area contributed by atoms with Gasteiger partial charge in [-0.05, 0) is 24.5 Å². The maximum absolute atomic E-state index is 13.2. The van der Waals surface area contributed by atoms with E-state index in [9.17, 15) is 9.18 Å². The van der Waals surface area contributed by atoms with Crippen molar-refractivity contribution in [3.63, 3.8) is 0 Å². The van der Waals surface area contributed by atoms with E-state index in [1.54, 1.807) is 11.0 Å². The summed E-state index contributed by atoms with van der Waals surface area (Å²) >= 11 is 0. The third-order valence-corrected chi connectivity index (χ3v) is 3.08. The first-order valence-corrected chi connectivity index (χ1v) is 5.87. The minimum absolute atomic E-state index is 0.133. The number of nitrogens with two attached hydrogens (primary N) is 1. The van der Waals surface area contributed by atoms with Crippen LogP contribution in [0.1, 0.15) is 31.9 Å². The molecule has 1 aliphatic heterocycles. The molecule has 1 amide bonds. The third kappa shape index (κ3) is 2.17. The molecule has 92 valence electrons. The second-order valence-corrected chi connectivity index (χ2v) is 4.85. The number of carbonyl (C=O) groups is 1. The molecular weight excluding hydrogens is 219 g/mol. The summed E-state index contributed by atoms with van der Waals surface area (Å²) in [7, 11) is 0. The Bertz CT molecular complexity index is 445. The van der Waals surface area contributed by atoms with Gasteiger partial charge in [0, 0.05) is 12.1 Å². The standard InChI is InChI=1S/C13H17FN2O/c1-8(2)5-6-16-11-7-9(14)3-4-10(11)12(15)13(16)17/h3-4,7-8,12H,5-6,15H2,1-2H3. The Morgan fingerprint density at radius 3 is 2.82 bits per heavy atom. The van der Waals surface area contributed by atoms with Crippen LogP contribution in [0.2, 0.25) is 0 Å². The minimum atomic E-state index is -0.641. The zero-order valence-corrected chi connectivity index (χ0v) is 10.1. The summed E-state index contributed by atoms with van der Waals surface area (Å²) in [4.78, 5) is 13.6. The van der Waals surface area contributed by atoms with Crippen LogP contribution in [0, 0.1) is 11.7 Å². The van der Waals surface area contributed by atoms with Gasteiger partial charge in [0.05, 0.1) is 5.69 Å². The van der Waals surface area contributed by atoms with Crippen LogP contribution in [0.5, 0.6) is 0 Å². The van der Waals surface area contributed by atoms with Gasteiger partial charge >= 0.3 is 0 Å². The highest BCUT2D eigenvalue weighted by atomic mass is 19.1. The smallest absolute Gasteiger partial charge is 0.248 e. The van der Waals surface area contributed by atoms with Gasteiger partial charge < -0.3 is 10.6 Å². The number of benzene rings is 1. The number of rotatable bonds is 3. The first-order valence-electron chi connectivity index (χ1n) is 5.87. The topological polar surface area (TPSA) is 46.3 Å². The second-order valence-electron chi connectivity index (χ2n) is 4.85. The van der Waals surface area contributed by atoms with Gasteiger partial charge in [-0.1, -0.05) is 19.9 Å². The first-order chi connectivity index (χ1) is 8.00. The Morgan fingerprint density at radius 1 is 1.47 bits per heavy atom. The summed E-state index contributed by atoms with van der Waals surface area (Å²) in [6.45, 7) is 4.78. The highest BCUT2D eigenvalue weighted by molar-refractivity contribution is 6.04. The molecule has 4 heteroatoms. The van der Waals surface area contributed by atoms with Crippen LogP contribution in [0.4, 0.5) is 10.1 Å². The molecule has 0 radical (unpaired) electrons. The number of fused-ring (bicyclic) bond motifs is 1. The minimum Gasteiger partial charge on any atom is -0.316 e. The number of anilines is 1. The number of halogens is 1. The van der Waals surface area contributed by atoms with E-state index in [0.717, 1.165) is 12.0 Å². The van der Waals surface area contributed by atoms with Gasteiger partial charge in [0.15, 0.2) is 0 Å². The van der Waals surface area contributed by atoms with Gasteiger partial charge in [-0.25, -0.2) is 4.39 Å². The lowest BCUT2D eigenvalue weighted by molar-refractivity contribution is -0.119. The summed E-state index contributed by atoms with van der Waals surface area (Å²) in [6, 6.07) is 3.69. The van der Waals surface area contributed by atoms with Crippen LogP contribution in [0.3, 0.4) is 0 Å². The van der Waals surface area contributed by atoms with Crippen LogP contribution in [-0.2, 0) is 4.79 Å². The van der Waals surface area contributed by atoms with E-state index in [0.29, 0.717) is 18.2 Å². The molecule has 17 heavy (non-hydrogen) atoms. The molecule has 0 fully saturated rings. The molecule has 0 saturated carbocycles. The molecule has 1 atom stereocenters. The van der Waals surface area contributed by atoms with Crippen molar-refractivity contribution in [1.82, 2.24) is 0 Å². The number of hydrogen-bond acceptors (Lipinski definition) is 2. The van der Waals surface area contributed by atoms with E-state index >= 15 is 0 Å². The molecule has 3 nitrogen and oxygen atoms in total. The molecule has 2 N–H and O–H groups in total. The summed E-state index contributed by atoms with van der Waals surface area (Å²) in [6.07, 6.45) is 0.883. The number of nitrogens with zero attached hydrogens (tertiary/aromatic N) is 1. The summed E-state index contributed by atoms with van der Waals surface area (Å²) in [5.41, 5.74) is 7.17. The molecule has 0 bridgehead atoms. The van der Waals surface area contributed by atoms with E-state index in [4.69, 9.17) is 5.73 Å². The quantitative estimate of drug-likeness (QED) is 0.874. The fourth-order valence-electron chi connectivity index (χ4n) is 2.05. The van der Waals surface area contributed by atoms with E-state index in [1.807, 2.05) is 0 Å². The van der Waals surface area contributed by atoms with Crippen LogP contribution < -0.4 is 10.6 Å². The molecule has 1 aromatic carbocycles. The average Bonchev–Trinajstić information content (AvgIpc) is 2.49. The van der Waals surface area contributed by atoms with E-state index in [1.165, 1.54) is 12.1 Å². The molecule has 1 aliphatic rings. The molecule has 1 unspecified atom stereocenters. The van der Waals surface area contributed by atoms with Gasteiger partial charge in [0.25, 0.3) is 0 Å². The molecule has 0 aromatic heterocycles. The van der Waals surface area contributed by atoms with Crippen molar-refractivity contribution >= 4 is 11.6 Å². The third-order valence-electron chi connectivity index (χ3n) is 3.08. The molecule has 0 spiro atoms. The Hall–Kier alpha value is -1.42. The zero-order chi connectivity index (χ0) is 12.6. The zero-order valence-electron chi connectivity index (χ0n) is 10.1. The second kappa shape index (κ2) is 4.45. The lowest BCUT2D eigenvalue weighted by Gasteiger charge is -2.18. The molecule has 0 saturated heterocycles. The van der Waals surface area contributed by atoms with Gasteiger partial charge in [-0.3, -0.25) is 4.79 Å². The SMILES string of the molecule is CC(C)CCN1C(=O)C(N)c2ccc(F)cc21. The van der Waals surface area contributed by atoms with Gasteiger partial charge in [-0.15, -0.1) is 0 Å². The van der Waals surface area contributed by atoms with Crippen molar-refractivity contribution in [3.05, 3.63) is 29.6 Å². The fraction of sp³-hybridized carbons (Fsp3) is 0.462. The van der Waals surface area contributed by atoms with Crippen molar-refractivity contribution < 1.29 is 9.18 Å². The molecular formula is C13H17FN2O. The van der Waals surface area contributed by atoms with Crippen molar-refractivity contribution in [2.24, 2.45) is 11.7 Å². The van der Waals surface area contributed by atoms with Crippen molar-refractivity contribution in [2.45, 2.75) is 26.3 Å². The Balaban J connectivity index is 2.29. The molecule has 0 aliphatic carbocycles. The Kier molecular flexibility index (Phi) is 3.15.